The lowest BCUT2D eigenvalue weighted by Crippen LogP contribution is -2.07. The molecule has 0 aliphatic carbocycles. The van der Waals surface area contributed by atoms with Gasteiger partial charge < -0.3 is 4.74 Å². The summed E-state index contributed by atoms with van der Waals surface area (Å²) in [6.45, 7) is -0.00364. The van der Waals surface area contributed by atoms with Crippen LogP contribution in [-0.4, -0.2) is 10.9 Å². The fraction of sp³-hybridized carbons (Fsp3) is 0.0588. The quantitative estimate of drug-likeness (QED) is 0.270. The predicted octanol–water partition coefficient (Wildman–Crippen LogP) is 3.90. The molecule has 120 valence electrons. The smallest absolute Gasteiger partial charge is 0.349 e. The van der Waals surface area contributed by atoms with E-state index in [4.69, 9.17) is 21.6 Å². The van der Waals surface area contributed by atoms with Gasteiger partial charge in [-0.2, -0.15) is 5.26 Å². The zero-order valence-corrected chi connectivity index (χ0v) is 13.1. The third-order valence-corrected chi connectivity index (χ3v) is 3.27. The second-order valence-electron chi connectivity index (χ2n) is 4.69. The Morgan fingerprint density at radius 2 is 2.00 bits per heavy atom. The van der Waals surface area contributed by atoms with Crippen molar-refractivity contribution < 1.29 is 14.5 Å². The molecule has 0 aromatic heterocycles. The molecular weight excluding hydrogens is 332 g/mol. The number of nitrogens with zero attached hydrogens (tertiary/aromatic N) is 2. The first-order chi connectivity index (χ1) is 11.5. The highest BCUT2D eigenvalue weighted by atomic mass is 35.5. The standard InChI is InChI=1S/C17H11ClN2O4/c18-15-6-7-16(20(22)23)13(9-15)8-14(10-19)17(21)24-11-12-4-2-1-3-5-12/h1-9H,11H2/b14-8+. The van der Waals surface area contributed by atoms with E-state index in [1.54, 1.807) is 30.3 Å². The van der Waals surface area contributed by atoms with E-state index in [1.807, 2.05) is 6.07 Å². The normalized spacial score (nSPS) is 10.8. The van der Waals surface area contributed by atoms with E-state index in [9.17, 15) is 14.9 Å². The number of esters is 1. The molecule has 0 unspecified atom stereocenters. The monoisotopic (exact) mass is 342 g/mol. The number of nitriles is 1. The van der Waals surface area contributed by atoms with Crippen molar-refractivity contribution in [2.24, 2.45) is 0 Å². The lowest BCUT2D eigenvalue weighted by Gasteiger charge is -2.04. The van der Waals surface area contributed by atoms with Crippen molar-refractivity contribution in [1.29, 1.82) is 5.26 Å². The van der Waals surface area contributed by atoms with Gasteiger partial charge >= 0.3 is 5.97 Å². The Morgan fingerprint density at radius 1 is 1.29 bits per heavy atom. The lowest BCUT2D eigenvalue weighted by atomic mass is 10.1. The summed E-state index contributed by atoms with van der Waals surface area (Å²) in [7, 11) is 0. The van der Waals surface area contributed by atoms with Gasteiger partial charge in [0.05, 0.1) is 10.5 Å². The van der Waals surface area contributed by atoms with Crippen LogP contribution < -0.4 is 0 Å². The molecule has 0 spiro atoms. The molecule has 2 aromatic carbocycles. The fourth-order valence-corrected chi connectivity index (χ4v) is 2.08. The van der Waals surface area contributed by atoms with Crippen LogP contribution >= 0.6 is 11.6 Å². The van der Waals surface area contributed by atoms with Crippen LogP contribution in [0, 0.1) is 21.4 Å². The summed E-state index contributed by atoms with van der Waals surface area (Å²) in [4.78, 5) is 22.4. The summed E-state index contributed by atoms with van der Waals surface area (Å²) in [6, 6.07) is 14.5. The topological polar surface area (TPSA) is 93.2 Å². The maximum atomic E-state index is 12.0. The number of benzene rings is 2. The second-order valence-corrected chi connectivity index (χ2v) is 5.13. The van der Waals surface area contributed by atoms with Crippen LogP contribution in [0.3, 0.4) is 0 Å². The Bertz CT molecular complexity index is 841. The van der Waals surface area contributed by atoms with Gasteiger partial charge in [-0.1, -0.05) is 41.9 Å². The Hall–Kier alpha value is -3.17. The van der Waals surface area contributed by atoms with Crippen molar-refractivity contribution in [2.45, 2.75) is 6.61 Å². The minimum atomic E-state index is -0.865. The van der Waals surface area contributed by atoms with Crippen molar-refractivity contribution in [3.8, 4) is 6.07 Å². The third kappa shape index (κ3) is 4.41. The van der Waals surface area contributed by atoms with Gasteiger partial charge in [-0.05, 0) is 23.8 Å². The molecule has 2 rings (SSSR count). The van der Waals surface area contributed by atoms with Gasteiger partial charge in [-0.3, -0.25) is 10.1 Å². The molecule has 6 nitrogen and oxygen atoms in total. The molecule has 7 heteroatoms. The van der Waals surface area contributed by atoms with E-state index >= 15 is 0 Å². The average Bonchev–Trinajstić information content (AvgIpc) is 2.58. The number of hydrogen-bond donors (Lipinski definition) is 0. The Labute approximate surface area is 142 Å². The van der Waals surface area contributed by atoms with E-state index in [0.717, 1.165) is 11.6 Å². The van der Waals surface area contributed by atoms with Gasteiger partial charge in [0.2, 0.25) is 0 Å². The highest BCUT2D eigenvalue weighted by molar-refractivity contribution is 6.30. The number of hydrogen-bond acceptors (Lipinski definition) is 5. The number of ether oxygens (including phenoxy) is 1. The summed E-state index contributed by atoms with van der Waals surface area (Å²) in [5.74, 6) is -0.865. The maximum Gasteiger partial charge on any atom is 0.349 e. The van der Waals surface area contributed by atoms with Gasteiger partial charge in [0.1, 0.15) is 18.2 Å². The second kappa shape index (κ2) is 7.90. The summed E-state index contributed by atoms with van der Waals surface area (Å²) >= 11 is 5.82. The Kier molecular flexibility index (Phi) is 5.66. The van der Waals surface area contributed by atoms with Crippen LogP contribution in [0.4, 0.5) is 5.69 Å². The van der Waals surface area contributed by atoms with E-state index in [-0.39, 0.29) is 28.5 Å². The molecule has 24 heavy (non-hydrogen) atoms. The first-order valence-electron chi connectivity index (χ1n) is 6.78. The first-order valence-corrected chi connectivity index (χ1v) is 7.16. The summed E-state index contributed by atoms with van der Waals surface area (Å²) in [6.07, 6.45) is 1.09. The van der Waals surface area contributed by atoms with Crippen molar-refractivity contribution in [2.75, 3.05) is 0 Å². The summed E-state index contributed by atoms with van der Waals surface area (Å²) < 4.78 is 5.05. The maximum absolute atomic E-state index is 12.0. The largest absolute Gasteiger partial charge is 0.457 e. The third-order valence-electron chi connectivity index (χ3n) is 3.04. The molecule has 0 aliphatic rings. The van der Waals surface area contributed by atoms with Crippen LogP contribution in [0.15, 0.2) is 54.1 Å². The van der Waals surface area contributed by atoms with E-state index < -0.39 is 10.9 Å². The molecule has 0 bridgehead atoms. The molecule has 0 fully saturated rings. The molecule has 0 saturated heterocycles. The average molecular weight is 343 g/mol. The van der Waals surface area contributed by atoms with Gasteiger partial charge in [0.15, 0.2) is 0 Å². The number of carbonyl (C=O) groups excluding carboxylic acids is 1. The van der Waals surface area contributed by atoms with Gasteiger partial charge in [-0.15, -0.1) is 0 Å². The Balaban J connectivity index is 2.23. The molecule has 2 aromatic rings. The van der Waals surface area contributed by atoms with Gasteiger partial charge in [0, 0.05) is 11.1 Å². The van der Waals surface area contributed by atoms with E-state index in [1.165, 1.54) is 18.2 Å². The summed E-state index contributed by atoms with van der Waals surface area (Å²) in [5.41, 5.74) is 0.205. The lowest BCUT2D eigenvalue weighted by molar-refractivity contribution is -0.385. The van der Waals surface area contributed by atoms with Gasteiger partial charge in [-0.25, -0.2) is 4.79 Å². The van der Waals surface area contributed by atoms with Crippen molar-refractivity contribution in [3.63, 3.8) is 0 Å². The highest BCUT2D eigenvalue weighted by Gasteiger charge is 2.17. The SMILES string of the molecule is N#C/C(=C\c1cc(Cl)ccc1[N+](=O)[O-])C(=O)OCc1ccccc1. The molecule has 0 saturated carbocycles. The minimum absolute atomic E-state index is 0.00364. The minimum Gasteiger partial charge on any atom is -0.457 e. The molecule has 0 heterocycles. The van der Waals surface area contributed by atoms with Crippen molar-refractivity contribution >= 4 is 29.3 Å². The predicted molar refractivity (Wildman–Crippen MR) is 87.9 cm³/mol. The molecular formula is C17H11ClN2O4. The molecule has 0 radical (unpaired) electrons. The highest BCUT2D eigenvalue weighted by Crippen LogP contribution is 2.25. The van der Waals surface area contributed by atoms with Crippen LogP contribution in [0.25, 0.3) is 6.08 Å². The van der Waals surface area contributed by atoms with Crippen molar-refractivity contribution in [1.82, 2.24) is 0 Å². The van der Waals surface area contributed by atoms with Crippen LogP contribution in [0.1, 0.15) is 11.1 Å². The molecule has 0 atom stereocenters. The number of nitro groups is 1. The molecule has 0 amide bonds. The zero-order valence-electron chi connectivity index (χ0n) is 12.3. The van der Waals surface area contributed by atoms with Crippen LogP contribution in [0.2, 0.25) is 5.02 Å². The van der Waals surface area contributed by atoms with Crippen molar-refractivity contribution in [3.05, 3.63) is 80.4 Å². The van der Waals surface area contributed by atoms with E-state index in [2.05, 4.69) is 0 Å². The Morgan fingerprint density at radius 3 is 2.62 bits per heavy atom. The zero-order chi connectivity index (χ0) is 17.5. The van der Waals surface area contributed by atoms with E-state index in [0.29, 0.717) is 0 Å². The number of carbonyl (C=O) groups is 1. The number of halogens is 1. The van der Waals surface area contributed by atoms with Crippen LogP contribution in [0.5, 0.6) is 0 Å². The molecule has 0 aliphatic heterocycles. The molecule has 0 N–H and O–H groups in total. The first kappa shape index (κ1) is 17.2. The number of rotatable bonds is 5. The number of nitro benzene ring substituents is 1. The van der Waals surface area contributed by atoms with Gasteiger partial charge in [0.25, 0.3) is 5.69 Å². The fourth-order valence-electron chi connectivity index (χ4n) is 1.90. The van der Waals surface area contributed by atoms with Crippen LogP contribution in [-0.2, 0) is 16.1 Å². The summed E-state index contributed by atoms with van der Waals surface area (Å²) in [5, 5.41) is 20.4.